The largest absolute Gasteiger partial charge is 0.352 e. The number of halogens is 1. The van der Waals surface area contributed by atoms with Crippen molar-refractivity contribution in [3.05, 3.63) is 111 Å². The minimum Gasteiger partial charge on any atom is -0.352 e. The van der Waals surface area contributed by atoms with Gasteiger partial charge in [0.05, 0.1) is 17.1 Å². The maximum absolute atomic E-state index is 13.6. The summed E-state index contributed by atoms with van der Waals surface area (Å²) in [5, 5.41) is 3.67. The summed E-state index contributed by atoms with van der Waals surface area (Å²) >= 11 is 7.63. The molecule has 5 nitrogen and oxygen atoms in total. The molecule has 210 valence electrons. The summed E-state index contributed by atoms with van der Waals surface area (Å²) in [5.74, 6) is 0.592. The van der Waals surface area contributed by atoms with E-state index in [1.54, 1.807) is 11.0 Å². The van der Waals surface area contributed by atoms with E-state index in [1.807, 2.05) is 73.7 Å². The van der Waals surface area contributed by atoms with E-state index in [4.69, 9.17) is 11.6 Å². The van der Waals surface area contributed by atoms with Crippen molar-refractivity contribution in [1.82, 2.24) is 15.1 Å². The van der Waals surface area contributed by atoms with E-state index in [9.17, 15) is 9.59 Å². The Labute approximate surface area is 247 Å². The highest BCUT2D eigenvalue weighted by atomic mass is 35.5. The number of benzene rings is 2. The first-order valence-electron chi connectivity index (χ1n) is 13.9. The molecule has 40 heavy (non-hydrogen) atoms. The fourth-order valence-electron chi connectivity index (χ4n) is 5.12. The molecule has 2 aromatic carbocycles. The summed E-state index contributed by atoms with van der Waals surface area (Å²) in [7, 11) is 0. The van der Waals surface area contributed by atoms with Gasteiger partial charge < -0.3 is 15.1 Å². The van der Waals surface area contributed by atoms with Crippen LogP contribution in [-0.4, -0.2) is 47.8 Å². The van der Waals surface area contributed by atoms with E-state index >= 15 is 0 Å². The van der Waals surface area contributed by atoms with Crippen molar-refractivity contribution in [2.24, 2.45) is 5.92 Å². The van der Waals surface area contributed by atoms with E-state index in [1.165, 1.54) is 24.6 Å². The van der Waals surface area contributed by atoms with Gasteiger partial charge in [0.15, 0.2) is 0 Å². The molecule has 0 aliphatic carbocycles. The molecule has 2 amide bonds. The highest BCUT2D eigenvalue weighted by Crippen LogP contribution is 2.39. The molecule has 0 bridgehead atoms. The van der Waals surface area contributed by atoms with Gasteiger partial charge in [-0.1, -0.05) is 73.3 Å². The van der Waals surface area contributed by atoms with Crippen LogP contribution in [0, 0.1) is 5.92 Å². The highest BCUT2D eigenvalue weighted by Gasteiger charge is 2.29. The fraction of sp³-hybridized carbons (Fsp3) is 0.333. The van der Waals surface area contributed by atoms with Gasteiger partial charge in [-0.05, 0) is 92.7 Å². The monoisotopic (exact) mass is 575 g/mol. The number of likely N-dealkylation sites (tertiary alicyclic amines) is 1. The van der Waals surface area contributed by atoms with Crippen molar-refractivity contribution < 1.29 is 9.59 Å². The molecule has 0 radical (unpaired) electrons. The third-order valence-corrected chi connectivity index (χ3v) is 8.42. The van der Waals surface area contributed by atoms with Crippen LogP contribution in [-0.2, 0) is 11.3 Å². The molecule has 2 heterocycles. The van der Waals surface area contributed by atoms with Crippen LogP contribution in [0.25, 0.3) is 6.08 Å². The molecule has 1 fully saturated rings. The third-order valence-electron chi connectivity index (χ3n) is 7.11. The summed E-state index contributed by atoms with van der Waals surface area (Å²) in [6.07, 6.45) is 11.1. The molecule has 0 spiro atoms. The van der Waals surface area contributed by atoms with Crippen molar-refractivity contribution in [1.29, 1.82) is 0 Å². The second-order valence-electron chi connectivity index (χ2n) is 10.4. The maximum Gasteiger partial charge on any atom is 0.265 e. The second kappa shape index (κ2) is 14.5. The Morgan fingerprint density at radius 2 is 2.02 bits per heavy atom. The van der Waals surface area contributed by atoms with Gasteiger partial charge >= 0.3 is 0 Å². The summed E-state index contributed by atoms with van der Waals surface area (Å²) in [6, 6.07) is 14.9. The maximum atomic E-state index is 13.6. The number of carbonyl (C=O) groups excluding carboxylic acids is 2. The molecule has 4 rings (SSSR count). The van der Waals surface area contributed by atoms with Gasteiger partial charge in [-0.2, -0.15) is 0 Å². The smallest absolute Gasteiger partial charge is 0.265 e. The first-order chi connectivity index (χ1) is 19.4. The Hall–Kier alpha value is -3.06. The van der Waals surface area contributed by atoms with Gasteiger partial charge in [-0.3, -0.25) is 9.59 Å². The number of thioether (sulfide) groups is 1. The van der Waals surface area contributed by atoms with Gasteiger partial charge in [0.1, 0.15) is 0 Å². The van der Waals surface area contributed by atoms with E-state index in [0.717, 1.165) is 53.7 Å². The van der Waals surface area contributed by atoms with E-state index in [2.05, 4.69) is 23.7 Å². The average Bonchev–Trinajstić information content (AvgIpc) is 2.94. The van der Waals surface area contributed by atoms with E-state index in [0.29, 0.717) is 28.6 Å². The number of piperidine rings is 1. The summed E-state index contributed by atoms with van der Waals surface area (Å²) in [4.78, 5) is 32.1. The lowest BCUT2D eigenvalue weighted by molar-refractivity contribution is -0.124. The first kappa shape index (κ1) is 29.9. The fourth-order valence-corrected chi connectivity index (χ4v) is 6.46. The van der Waals surface area contributed by atoms with Crippen molar-refractivity contribution in [2.45, 2.75) is 39.7 Å². The number of nitrogens with one attached hydrogen (secondary N) is 1. The molecule has 2 aromatic rings. The molecule has 2 aliphatic heterocycles. The minimum atomic E-state index is -0.0990. The Bertz CT molecular complexity index is 1320. The van der Waals surface area contributed by atoms with E-state index in [-0.39, 0.29) is 11.8 Å². The second-order valence-corrected chi connectivity index (χ2v) is 11.9. The summed E-state index contributed by atoms with van der Waals surface area (Å²) < 4.78 is 0. The topological polar surface area (TPSA) is 52.7 Å². The lowest BCUT2D eigenvalue weighted by Gasteiger charge is -2.31. The molecule has 0 saturated carbocycles. The lowest BCUT2D eigenvalue weighted by Crippen LogP contribution is -2.36. The third kappa shape index (κ3) is 8.00. The number of amides is 2. The molecule has 1 unspecified atom stereocenters. The Morgan fingerprint density at radius 1 is 1.23 bits per heavy atom. The molecule has 1 saturated heterocycles. The van der Waals surface area contributed by atoms with Gasteiger partial charge in [0.25, 0.3) is 11.8 Å². The predicted molar refractivity (Wildman–Crippen MR) is 168 cm³/mol. The quantitative estimate of drug-likeness (QED) is 0.239. The summed E-state index contributed by atoms with van der Waals surface area (Å²) in [5.41, 5.74) is 3.18. The number of rotatable bonds is 10. The number of hydrogen-bond acceptors (Lipinski definition) is 4. The Morgan fingerprint density at radius 3 is 2.73 bits per heavy atom. The van der Waals surface area contributed by atoms with Crippen LogP contribution in [0.5, 0.6) is 0 Å². The first-order valence-corrected chi connectivity index (χ1v) is 15.1. The zero-order valence-corrected chi connectivity index (χ0v) is 24.9. The van der Waals surface area contributed by atoms with Gasteiger partial charge in [-0.25, -0.2) is 0 Å². The number of nitrogens with zero attached hydrogens (tertiary/aromatic N) is 2. The number of hydrogen-bond donors (Lipinski definition) is 1. The van der Waals surface area contributed by atoms with Gasteiger partial charge in [-0.15, -0.1) is 0 Å². The number of allylic oxidation sites excluding steroid dienone is 3. The van der Waals surface area contributed by atoms with Crippen LogP contribution < -0.4 is 5.32 Å². The Balaban J connectivity index is 1.42. The molecule has 2 aliphatic rings. The normalized spacial score (nSPS) is 19.5. The van der Waals surface area contributed by atoms with Crippen LogP contribution in [0.3, 0.4) is 0 Å². The van der Waals surface area contributed by atoms with Crippen molar-refractivity contribution in [3.8, 4) is 0 Å². The SMILES string of the molecule is C=CC1=C(/C=C\C)S/C(=C\c2ccc(C(=O)NCCCN3CCCC(C)C3)cc2)C(=O)N1Cc1cccc(Cl)c1. The lowest BCUT2D eigenvalue weighted by atomic mass is 10.0. The van der Waals surface area contributed by atoms with Crippen LogP contribution in [0.1, 0.15) is 54.6 Å². The van der Waals surface area contributed by atoms with Crippen LogP contribution in [0.2, 0.25) is 5.02 Å². The molecular formula is C33H38ClN3O2S. The van der Waals surface area contributed by atoms with Crippen molar-refractivity contribution >= 4 is 41.3 Å². The minimum absolute atomic E-state index is 0.0732. The molecular weight excluding hydrogens is 538 g/mol. The molecule has 0 aromatic heterocycles. The van der Waals surface area contributed by atoms with Gasteiger partial charge in [0, 0.05) is 28.6 Å². The van der Waals surface area contributed by atoms with Crippen molar-refractivity contribution in [2.75, 3.05) is 26.2 Å². The molecule has 1 atom stereocenters. The molecule has 7 heteroatoms. The standard InChI is InChI=1S/C33H38ClN3O2S/c1-4-9-30-29(5-2)37(23-26-11-6-12-28(34)20-26)33(39)31(40-30)21-25-13-15-27(16-14-25)32(38)35-17-8-19-36-18-7-10-24(3)22-36/h4-6,9,11-16,20-21,24H,2,7-8,10,17-19,22-23H2,1,3H3,(H,35,38)/b9-4-,31-21-. The zero-order chi connectivity index (χ0) is 28.5. The van der Waals surface area contributed by atoms with Gasteiger partial charge in [0.2, 0.25) is 0 Å². The van der Waals surface area contributed by atoms with Crippen LogP contribution >= 0.6 is 23.4 Å². The Kier molecular flexibility index (Phi) is 10.9. The van der Waals surface area contributed by atoms with Crippen molar-refractivity contribution in [3.63, 3.8) is 0 Å². The molecule has 1 N–H and O–H groups in total. The van der Waals surface area contributed by atoms with E-state index < -0.39 is 0 Å². The highest BCUT2D eigenvalue weighted by molar-refractivity contribution is 8.08. The zero-order valence-electron chi connectivity index (χ0n) is 23.4. The predicted octanol–water partition coefficient (Wildman–Crippen LogP) is 7.28. The van der Waals surface area contributed by atoms with Crippen LogP contribution in [0.4, 0.5) is 0 Å². The number of carbonyl (C=O) groups is 2. The summed E-state index contributed by atoms with van der Waals surface area (Å²) in [6.45, 7) is 12.6. The van der Waals surface area contributed by atoms with Crippen LogP contribution in [0.15, 0.2) is 88.8 Å². The average molecular weight is 576 g/mol.